The van der Waals surface area contributed by atoms with E-state index in [4.69, 9.17) is 4.74 Å². The maximum atomic E-state index is 13.7. The fourth-order valence-corrected chi connectivity index (χ4v) is 4.09. The molecule has 23 heavy (non-hydrogen) atoms. The standard InChI is InChI=1S/C17H18FNO3S/c1-13-7-8-16(11-17(13)18)23(20,21)19-10-9-15(12-19)22-14-5-3-2-4-6-14/h2-8,11,15H,9-10,12H2,1H3/t15-/m0/s1. The highest BCUT2D eigenvalue weighted by molar-refractivity contribution is 7.89. The molecule has 0 saturated carbocycles. The lowest BCUT2D eigenvalue weighted by molar-refractivity contribution is 0.215. The summed E-state index contributed by atoms with van der Waals surface area (Å²) in [5.74, 6) is 0.209. The van der Waals surface area contributed by atoms with Crippen molar-refractivity contribution in [2.24, 2.45) is 0 Å². The molecule has 1 aliphatic rings. The normalized spacial score (nSPS) is 19.0. The number of nitrogens with zero attached hydrogens (tertiary/aromatic N) is 1. The summed E-state index contributed by atoms with van der Waals surface area (Å²) < 4.78 is 46.0. The van der Waals surface area contributed by atoms with Gasteiger partial charge in [-0.05, 0) is 43.2 Å². The van der Waals surface area contributed by atoms with E-state index in [0.717, 1.165) is 11.8 Å². The summed E-state index contributed by atoms with van der Waals surface area (Å²) in [6.45, 7) is 2.24. The van der Waals surface area contributed by atoms with Crippen molar-refractivity contribution in [2.45, 2.75) is 24.3 Å². The molecule has 1 atom stereocenters. The Labute approximate surface area is 135 Å². The largest absolute Gasteiger partial charge is 0.489 e. The molecule has 1 aliphatic heterocycles. The molecular weight excluding hydrogens is 317 g/mol. The Bertz CT molecular complexity index is 793. The Hall–Kier alpha value is -1.92. The number of ether oxygens (including phenoxy) is 1. The number of hydrogen-bond acceptors (Lipinski definition) is 3. The van der Waals surface area contributed by atoms with Crippen LogP contribution in [0, 0.1) is 12.7 Å². The van der Waals surface area contributed by atoms with Crippen molar-refractivity contribution < 1.29 is 17.5 Å². The highest BCUT2D eigenvalue weighted by Gasteiger charge is 2.33. The van der Waals surface area contributed by atoms with Crippen molar-refractivity contribution in [3.8, 4) is 5.75 Å². The van der Waals surface area contributed by atoms with Gasteiger partial charge in [-0.2, -0.15) is 4.31 Å². The zero-order valence-corrected chi connectivity index (χ0v) is 13.6. The first-order valence-corrected chi connectivity index (χ1v) is 8.89. The van der Waals surface area contributed by atoms with Crippen LogP contribution in [-0.4, -0.2) is 31.9 Å². The van der Waals surface area contributed by atoms with Crippen molar-refractivity contribution in [1.82, 2.24) is 4.31 Å². The van der Waals surface area contributed by atoms with Crippen molar-refractivity contribution in [1.29, 1.82) is 0 Å². The van der Waals surface area contributed by atoms with Gasteiger partial charge in [-0.15, -0.1) is 0 Å². The van der Waals surface area contributed by atoms with Gasteiger partial charge in [0.2, 0.25) is 10.0 Å². The Morgan fingerprint density at radius 3 is 2.61 bits per heavy atom. The Kier molecular flexibility index (Phi) is 4.37. The van der Waals surface area contributed by atoms with Gasteiger partial charge in [0.05, 0.1) is 11.4 Å². The van der Waals surface area contributed by atoms with Gasteiger partial charge >= 0.3 is 0 Å². The van der Waals surface area contributed by atoms with Crippen LogP contribution in [0.5, 0.6) is 5.75 Å². The van der Waals surface area contributed by atoms with Crippen molar-refractivity contribution >= 4 is 10.0 Å². The topological polar surface area (TPSA) is 46.6 Å². The van der Waals surface area contributed by atoms with Crippen LogP contribution in [0.2, 0.25) is 0 Å². The maximum absolute atomic E-state index is 13.7. The zero-order chi connectivity index (χ0) is 16.4. The quantitative estimate of drug-likeness (QED) is 0.863. The fourth-order valence-electron chi connectivity index (χ4n) is 2.59. The predicted octanol–water partition coefficient (Wildman–Crippen LogP) is 2.98. The lowest BCUT2D eigenvalue weighted by Gasteiger charge is -2.17. The number of para-hydroxylation sites is 1. The molecule has 1 saturated heterocycles. The van der Waals surface area contributed by atoms with Crippen LogP contribution in [0.25, 0.3) is 0 Å². The third-order valence-electron chi connectivity index (χ3n) is 3.93. The average Bonchev–Trinajstić information content (AvgIpc) is 3.00. The predicted molar refractivity (Wildman–Crippen MR) is 85.4 cm³/mol. The first kappa shape index (κ1) is 16.0. The molecule has 0 N–H and O–H groups in total. The van der Waals surface area contributed by atoms with Crippen LogP contribution in [-0.2, 0) is 10.0 Å². The van der Waals surface area contributed by atoms with Gasteiger partial charge in [0, 0.05) is 6.54 Å². The number of halogens is 1. The molecule has 2 aromatic rings. The molecule has 6 heteroatoms. The van der Waals surface area contributed by atoms with Crippen LogP contribution in [0.1, 0.15) is 12.0 Å². The SMILES string of the molecule is Cc1ccc(S(=O)(=O)N2CC[C@H](Oc3ccccc3)C2)cc1F. The first-order chi connectivity index (χ1) is 11.0. The van der Waals surface area contributed by atoms with E-state index in [1.54, 1.807) is 6.92 Å². The van der Waals surface area contributed by atoms with Crippen LogP contribution in [0.4, 0.5) is 4.39 Å². The monoisotopic (exact) mass is 335 g/mol. The molecule has 122 valence electrons. The number of aryl methyl sites for hydroxylation is 1. The molecule has 0 spiro atoms. The van der Waals surface area contributed by atoms with Crippen molar-refractivity contribution in [2.75, 3.05) is 13.1 Å². The summed E-state index contributed by atoms with van der Waals surface area (Å²) >= 11 is 0. The molecule has 0 radical (unpaired) electrons. The molecule has 3 rings (SSSR count). The van der Waals surface area contributed by atoms with Gasteiger partial charge in [0.15, 0.2) is 0 Å². The first-order valence-electron chi connectivity index (χ1n) is 7.45. The van der Waals surface area contributed by atoms with Gasteiger partial charge in [-0.3, -0.25) is 0 Å². The van der Waals surface area contributed by atoms with Crippen molar-refractivity contribution in [3.63, 3.8) is 0 Å². The maximum Gasteiger partial charge on any atom is 0.243 e. The number of benzene rings is 2. The van der Waals surface area contributed by atoms with Gasteiger partial charge < -0.3 is 4.74 Å². The van der Waals surface area contributed by atoms with Crippen LogP contribution < -0.4 is 4.74 Å². The highest BCUT2D eigenvalue weighted by Crippen LogP contribution is 2.25. The average molecular weight is 335 g/mol. The molecule has 0 amide bonds. The van der Waals surface area contributed by atoms with Gasteiger partial charge in [0.1, 0.15) is 17.7 Å². The number of sulfonamides is 1. The van der Waals surface area contributed by atoms with E-state index in [0.29, 0.717) is 18.5 Å². The van der Waals surface area contributed by atoms with E-state index < -0.39 is 15.8 Å². The molecule has 2 aromatic carbocycles. The van der Waals surface area contributed by atoms with E-state index >= 15 is 0 Å². The van der Waals surface area contributed by atoms with E-state index in [-0.39, 0.29) is 17.5 Å². The van der Waals surface area contributed by atoms with E-state index in [2.05, 4.69) is 0 Å². The highest BCUT2D eigenvalue weighted by atomic mass is 32.2. The minimum absolute atomic E-state index is 0.0130. The summed E-state index contributed by atoms with van der Waals surface area (Å²) in [4.78, 5) is -0.0130. The second-order valence-electron chi connectivity index (χ2n) is 5.62. The molecule has 0 unspecified atom stereocenters. The lowest BCUT2D eigenvalue weighted by Crippen LogP contribution is -2.31. The second-order valence-corrected chi connectivity index (χ2v) is 7.55. The molecular formula is C17H18FNO3S. The van der Waals surface area contributed by atoms with Gasteiger partial charge in [-0.25, -0.2) is 12.8 Å². The Morgan fingerprint density at radius 2 is 1.91 bits per heavy atom. The summed E-state index contributed by atoms with van der Waals surface area (Å²) in [5, 5.41) is 0. The van der Waals surface area contributed by atoms with Gasteiger partial charge in [0.25, 0.3) is 0 Å². The molecule has 1 fully saturated rings. The lowest BCUT2D eigenvalue weighted by atomic mass is 10.2. The van der Waals surface area contributed by atoms with Crippen LogP contribution in [0.3, 0.4) is 0 Å². The Morgan fingerprint density at radius 1 is 1.17 bits per heavy atom. The number of hydrogen-bond donors (Lipinski definition) is 0. The molecule has 1 heterocycles. The molecule has 0 aromatic heterocycles. The summed E-state index contributed by atoms with van der Waals surface area (Å²) in [5.41, 5.74) is 0.427. The second kappa shape index (κ2) is 6.29. The minimum atomic E-state index is -3.69. The van der Waals surface area contributed by atoms with Crippen molar-refractivity contribution in [3.05, 3.63) is 59.9 Å². The summed E-state index contributed by atoms with van der Waals surface area (Å²) in [6, 6.07) is 13.3. The van der Waals surface area contributed by atoms with E-state index in [1.807, 2.05) is 30.3 Å². The minimum Gasteiger partial charge on any atom is -0.489 e. The van der Waals surface area contributed by atoms with E-state index in [1.165, 1.54) is 16.4 Å². The van der Waals surface area contributed by atoms with Gasteiger partial charge in [-0.1, -0.05) is 24.3 Å². The molecule has 0 bridgehead atoms. The smallest absolute Gasteiger partial charge is 0.243 e. The molecule has 4 nitrogen and oxygen atoms in total. The third kappa shape index (κ3) is 3.38. The number of rotatable bonds is 4. The molecule has 0 aliphatic carbocycles. The van der Waals surface area contributed by atoms with Crippen LogP contribution >= 0.6 is 0 Å². The summed E-state index contributed by atoms with van der Waals surface area (Å²) in [6.07, 6.45) is 0.421. The Balaban J connectivity index is 1.73. The zero-order valence-electron chi connectivity index (χ0n) is 12.8. The fraction of sp³-hybridized carbons (Fsp3) is 0.294. The summed E-state index contributed by atoms with van der Waals surface area (Å²) in [7, 11) is -3.69. The van der Waals surface area contributed by atoms with E-state index in [9.17, 15) is 12.8 Å². The third-order valence-corrected chi connectivity index (χ3v) is 5.80. The van der Waals surface area contributed by atoms with Crippen LogP contribution in [0.15, 0.2) is 53.4 Å².